The molecular formula is C19H26NP. The first kappa shape index (κ1) is 16.0. The molecule has 2 rings (SSSR count). The fourth-order valence-corrected chi connectivity index (χ4v) is 4.21. The van der Waals surface area contributed by atoms with Gasteiger partial charge >= 0.3 is 0 Å². The lowest BCUT2D eigenvalue weighted by atomic mass is 10.0. The van der Waals surface area contributed by atoms with E-state index >= 15 is 0 Å². The number of nitrogens with one attached hydrogen (secondary N) is 1. The monoisotopic (exact) mass is 299 g/mol. The molecule has 21 heavy (non-hydrogen) atoms. The van der Waals surface area contributed by atoms with Gasteiger partial charge in [0.05, 0.1) is 0 Å². The zero-order valence-corrected chi connectivity index (χ0v) is 14.4. The number of hydrogen-bond acceptors (Lipinski definition) is 1. The lowest BCUT2D eigenvalue weighted by Gasteiger charge is -2.26. The van der Waals surface area contributed by atoms with E-state index in [1.165, 1.54) is 16.8 Å². The Labute approximate surface area is 130 Å². The molecule has 0 heterocycles. The van der Waals surface area contributed by atoms with Crippen LogP contribution in [0.3, 0.4) is 0 Å². The second kappa shape index (κ2) is 7.61. The van der Waals surface area contributed by atoms with Crippen LogP contribution in [0.4, 0.5) is 5.69 Å². The largest absolute Gasteiger partial charge is 0.363 e. The van der Waals surface area contributed by atoms with Crippen molar-refractivity contribution in [1.29, 1.82) is 0 Å². The van der Waals surface area contributed by atoms with Crippen LogP contribution >= 0.6 is 8.07 Å². The van der Waals surface area contributed by atoms with E-state index in [1.54, 1.807) is 0 Å². The summed E-state index contributed by atoms with van der Waals surface area (Å²) in [6.45, 7) is 9.16. The molecule has 112 valence electrons. The minimum Gasteiger partial charge on any atom is -0.363 e. The molecule has 0 bridgehead atoms. The Balaban J connectivity index is 2.17. The predicted molar refractivity (Wildman–Crippen MR) is 96.4 cm³/mol. The van der Waals surface area contributed by atoms with Gasteiger partial charge in [-0.15, -0.1) is 0 Å². The van der Waals surface area contributed by atoms with Gasteiger partial charge in [-0.25, -0.2) is 0 Å². The van der Waals surface area contributed by atoms with E-state index in [1.807, 2.05) is 0 Å². The second-order valence-corrected chi connectivity index (χ2v) is 8.57. The van der Waals surface area contributed by atoms with Crippen LogP contribution in [0.15, 0.2) is 54.6 Å². The average molecular weight is 299 g/mol. The smallest absolute Gasteiger partial charge is 0.0407 e. The maximum absolute atomic E-state index is 3.84. The summed E-state index contributed by atoms with van der Waals surface area (Å²) in [5.41, 5.74) is 4.80. The van der Waals surface area contributed by atoms with Crippen molar-refractivity contribution >= 4 is 13.8 Å². The highest BCUT2D eigenvalue weighted by Gasteiger charge is 2.16. The van der Waals surface area contributed by atoms with Crippen molar-refractivity contribution in [3.05, 3.63) is 65.7 Å². The Morgan fingerprint density at radius 2 is 1.48 bits per heavy atom. The molecule has 0 fully saturated rings. The van der Waals surface area contributed by atoms with Crippen molar-refractivity contribution in [2.24, 2.45) is 0 Å². The highest BCUT2D eigenvalue weighted by atomic mass is 31.1. The number of benzene rings is 2. The molecule has 0 saturated carbocycles. The van der Waals surface area contributed by atoms with Gasteiger partial charge in [0, 0.05) is 11.8 Å². The van der Waals surface area contributed by atoms with Crippen molar-refractivity contribution < 1.29 is 0 Å². The van der Waals surface area contributed by atoms with Gasteiger partial charge in [-0.05, 0) is 36.8 Å². The van der Waals surface area contributed by atoms with Gasteiger partial charge in [-0.1, -0.05) is 76.2 Å². The topological polar surface area (TPSA) is 12.0 Å². The van der Waals surface area contributed by atoms with Crippen LogP contribution in [0.25, 0.3) is 0 Å². The predicted octanol–water partition coefficient (Wildman–Crippen LogP) is 6.23. The Morgan fingerprint density at radius 3 is 2.10 bits per heavy atom. The SMILES string of the molecule is CC(C)c1ccccc1NP(Cc1ccccc1)C(C)C. The van der Waals surface area contributed by atoms with E-state index < -0.39 is 0 Å². The molecule has 0 aromatic heterocycles. The summed E-state index contributed by atoms with van der Waals surface area (Å²) in [7, 11) is -0.263. The summed E-state index contributed by atoms with van der Waals surface area (Å²) in [4.78, 5) is 0. The fourth-order valence-electron chi connectivity index (χ4n) is 2.39. The molecule has 2 heteroatoms. The third-order valence-corrected chi connectivity index (χ3v) is 6.15. The maximum atomic E-state index is 3.84. The molecule has 0 aliphatic rings. The summed E-state index contributed by atoms with van der Waals surface area (Å²) in [6, 6.07) is 19.5. The van der Waals surface area contributed by atoms with Crippen LogP contribution in [-0.2, 0) is 6.16 Å². The molecule has 2 aromatic rings. The lowest BCUT2D eigenvalue weighted by molar-refractivity contribution is 0.869. The number of anilines is 1. The van der Waals surface area contributed by atoms with Gasteiger partial charge in [0.2, 0.25) is 0 Å². The van der Waals surface area contributed by atoms with Crippen LogP contribution in [0.1, 0.15) is 44.7 Å². The van der Waals surface area contributed by atoms with Gasteiger partial charge in [0.15, 0.2) is 0 Å². The Kier molecular flexibility index (Phi) is 5.82. The normalized spacial score (nSPS) is 12.7. The van der Waals surface area contributed by atoms with E-state index in [9.17, 15) is 0 Å². The molecule has 1 N–H and O–H groups in total. The Hall–Kier alpha value is -1.33. The summed E-state index contributed by atoms with van der Waals surface area (Å²) in [5, 5.41) is 3.84. The minimum absolute atomic E-state index is 0.263. The number of para-hydroxylation sites is 1. The highest BCUT2D eigenvalue weighted by Crippen LogP contribution is 2.45. The van der Waals surface area contributed by atoms with Crippen LogP contribution in [0, 0.1) is 0 Å². The van der Waals surface area contributed by atoms with Gasteiger partial charge < -0.3 is 5.09 Å². The van der Waals surface area contributed by atoms with Crippen molar-refractivity contribution in [3.63, 3.8) is 0 Å². The van der Waals surface area contributed by atoms with E-state index in [0.29, 0.717) is 11.6 Å². The van der Waals surface area contributed by atoms with E-state index in [0.717, 1.165) is 6.16 Å². The first-order valence-electron chi connectivity index (χ1n) is 7.74. The van der Waals surface area contributed by atoms with Crippen molar-refractivity contribution in [2.75, 3.05) is 5.09 Å². The molecule has 1 atom stereocenters. The van der Waals surface area contributed by atoms with Crippen LogP contribution in [0.2, 0.25) is 0 Å². The van der Waals surface area contributed by atoms with E-state index in [2.05, 4.69) is 87.4 Å². The molecule has 0 saturated heterocycles. The van der Waals surface area contributed by atoms with E-state index in [-0.39, 0.29) is 8.07 Å². The molecule has 1 unspecified atom stereocenters. The molecule has 0 aliphatic carbocycles. The zero-order valence-electron chi connectivity index (χ0n) is 13.5. The lowest BCUT2D eigenvalue weighted by Crippen LogP contribution is -2.06. The molecule has 0 aliphatic heterocycles. The van der Waals surface area contributed by atoms with Crippen molar-refractivity contribution in [1.82, 2.24) is 0 Å². The van der Waals surface area contributed by atoms with Gasteiger partial charge in [0.25, 0.3) is 0 Å². The second-order valence-electron chi connectivity index (χ2n) is 6.06. The first-order chi connectivity index (χ1) is 10.1. The number of rotatable bonds is 6. The third kappa shape index (κ3) is 4.58. The molecule has 0 amide bonds. The minimum atomic E-state index is -0.263. The third-order valence-electron chi connectivity index (χ3n) is 3.67. The van der Waals surface area contributed by atoms with E-state index in [4.69, 9.17) is 0 Å². The van der Waals surface area contributed by atoms with Crippen LogP contribution in [-0.4, -0.2) is 5.66 Å². The molecular weight excluding hydrogens is 273 g/mol. The quantitative estimate of drug-likeness (QED) is 0.624. The summed E-state index contributed by atoms with van der Waals surface area (Å²) in [5.74, 6) is 0.550. The van der Waals surface area contributed by atoms with Crippen LogP contribution < -0.4 is 5.09 Å². The Morgan fingerprint density at radius 1 is 0.857 bits per heavy atom. The van der Waals surface area contributed by atoms with Gasteiger partial charge in [-0.3, -0.25) is 0 Å². The standard InChI is InChI=1S/C19H26NP/c1-15(2)18-12-8-9-13-19(18)20-21(16(3)4)14-17-10-6-5-7-11-17/h5-13,15-16,20H,14H2,1-4H3. The fraction of sp³-hybridized carbons (Fsp3) is 0.368. The van der Waals surface area contributed by atoms with Crippen molar-refractivity contribution in [2.45, 2.75) is 45.4 Å². The maximum Gasteiger partial charge on any atom is 0.0407 e. The summed E-state index contributed by atoms with van der Waals surface area (Å²) >= 11 is 0. The molecule has 0 spiro atoms. The molecule has 0 radical (unpaired) electrons. The number of hydrogen-bond donors (Lipinski definition) is 1. The molecule has 2 aromatic carbocycles. The first-order valence-corrected chi connectivity index (χ1v) is 9.33. The van der Waals surface area contributed by atoms with Crippen LogP contribution in [0.5, 0.6) is 0 Å². The zero-order chi connectivity index (χ0) is 15.2. The van der Waals surface area contributed by atoms with Crippen molar-refractivity contribution in [3.8, 4) is 0 Å². The molecule has 1 nitrogen and oxygen atoms in total. The summed E-state index contributed by atoms with van der Waals surface area (Å²) in [6.07, 6.45) is 1.13. The summed E-state index contributed by atoms with van der Waals surface area (Å²) < 4.78 is 0. The Bertz CT molecular complexity index is 549. The van der Waals surface area contributed by atoms with Gasteiger partial charge in [0.1, 0.15) is 0 Å². The van der Waals surface area contributed by atoms with Gasteiger partial charge in [-0.2, -0.15) is 0 Å². The average Bonchev–Trinajstić information content (AvgIpc) is 2.48. The highest BCUT2D eigenvalue weighted by molar-refractivity contribution is 7.59.